The summed E-state index contributed by atoms with van der Waals surface area (Å²) in [7, 11) is -1.16. The van der Waals surface area contributed by atoms with E-state index < -0.39 is 9.28 Å². The predicted molar refractivity (Wildman–Crippen MR) is 120 cm³/mol. The van der Waals surface area contributed by atoms with Gasteiger partial charge in [0.2, 0.25) is 0 Å². The van der Waals surface area contributed by atoms with Gasteiger partial charge in [-0.25, -0.2) is 0 Å². The molecule has 0 radical (unpaired) electrons. The topological polar surface area (TPSA) is 114 Å². The highest BCUT2D eigenvalue weighted by Crippen LogP contribution is 1.84. The highest BCUT2D eigenvalue weighted by Gasteiger charge is 2.13. The summed E-state index contributed by atoms with van der Waals surface area (Å²) >= 11 is 0. The van der Waals surface area contributed by atoms with Crippen LogP contribution < -0.4 is 32.1 Å². The van der Waals surface area contributed by atoms with Crippen molar-refractivity contribution in [1.29, 1.82) is 0 Å². The van der Waals surface area contributed by atoms with E-state index in [0.717, 1.165) is 0 Å². The zero-order valence-electron chi connectivity index (χ0n) is 19.3. The van der Waals surface area contributed by atoms with Crippen LogP contribution in [0.15, 0.2) is 0 Å². The molecule has 0 fully saturated rings. The van der Waals surface area contributed by atoms with E-state index in [4.69, 9.17) is 17.2 Å². The summed E-state index contributed by atoms with van der Waals surface area (Å²) in [6, 6.07) is 2.65. The molecule has 0 saturated carbocycles. The number of hydrogen-bond acceptors (Lipinski definition) is 6. The van der Waals surface area contributed by atoms with Crippen LogP contribution >= 0.6 is 0 Å². The zero-order chi connectivity index (χ0) is 21.2. The molecule has 9 N–H and O–H groups in total. The summed E-state index contributed by atoms with van der Waals surface area (Å²) < 4.78 is 0. The van der Waals surface area contributed by atoms with Crippen LogP contribution in [0.3, 0.4) is 0 Å². The third kappa shape index (κ3) is 80.7. The first-order valence-corrected chi connectivity index (χ1v) is 11.4. The Morgan fingerprint density at radius 3 is 0.640 bits per heavy atom. The second-order valence-electron chi connectivity index (χ2n) is 8.13. The van der Waals surface area contributed by atoms with E-state index in [1.54, 1.807) is 0 Å². The second-order valence-corrected chi connectivity index (χ2v) is 10.00. The van der Waals surface area contributed by atoms with Crippen LogP contribution in [-0.4, -0.2) is 45.5 Å². The van der Waals surface area contributed by atoms with Crippen molar-refractivity contribution in [2.45, 2.75) is 119 Å². The molecular weight excluding hydrogens is 328 g/mol. The second kappa shape index (κ2) is 22.0. The lowest BCUT2D eigenvalue weighted by Gasteiger charge is -2.25. The standard InChI is InChI=1S/C9H25N3Si.3C3H9N/c1-7(2)10-13(11-8(3)4)12-9(5)6;3*1-3(2)4/h7-13H,1-6H3;3*3H,4H2,1-2H3. The fourth-order valence-electron chi connectivity index (χ4n) is 1.14. The first kappa shape index (κ1) is 32.6. The molecule has 0 rings (SSSR count). The molecule has 0 aliphatic rings. The highest BCUT2D eigenvalue weighted by atomic mass is 28.3. The molecule has 0 aromatic carbocycles. The Morgan fingerprint density at radius 2 is 0.560 bits per heavy atom. The van der Waals surface area contributed by atoms with Crippen LogP contribution in [0.5, 0.6) is 0 Å². The molecule has 0 heterocycles. The van der Waals surface area contributed by atoms with Gasteiger partial charge in [0, 0.05) is 0 Å². The first-order chi connectivity index (χ1) is 11.1. The van der Waals surface area contributed by atoms with Crippen molar-refractivity contribution in [3.05, 3.63) is 0 Å². The van der Waals surface area contributed by atoms with Crippen LogP contribution in [-0.2, 0) is 0 Å². The molecule has 0 spiro atoms. The number of nitrogens with one attached hydrogen (secondary N) is 3. The van der Waals surface area contributed by atoms with Gasteiger partial charge in [-0.2, -0.15) is 0 Å². The van der Waals surface area contributed by atoms with Gasteiger partial charge in [-0.1, -0.05) is 83.1 Å². The summed E-state index contributed by atoms with van der Waals surface area (Å²) in [4.78, 5) is 10.7. The van der Waals surface area contributed by atoms with Crippen molar-refractivity contribution < 1.29 is 0 Å². The van der Waals surface area contributed by atoms with Gasteiger partial charge in [0.25, 0.3) is 9.28 Å². The molecule has 7 heteroatoms. The molecule has 6 nitrogen and oxygen atoms in total. The smallest absolute Gasteiger partial charge is 0.265 e. The van der Waals surface area contributed by atoms with Gasteiger partial charge in [-0.15, -0.1) is 0 Å². The average molecular weight is 381 g/mol. The van der Waals surface area contributed by atoms with Gasteiger partial charge in [0.15, 0.2) is 0 Å². The fraction of sp³-hybridized carbons (Fsp3) is 1.00. The Hall–Kier alpha value is -0.0231. The summed E-state index contributed by atoms with van der Waals surface area (Å²) in [6.07, 6.45) is 0. The summed E-state index contributed by atoms with van der Waals surface area (Å²) in [6.45, 7) is 24.8. The molecule has 0 aliphatic heterocycles. The monoisotopic (exact) mass is 380 g/mol. The normalized spacial score (nSPS) is 10.8. The van der Waals surface area contributed by atoms with Gasteiger partial charge < -0.3 is 32.1 Å². The van der Waals surface area contributed by atoms with Gasteiger partial charge in [-0.3, -0.25) is 0 Å². The van der Waals surface area contributed by atoms with Crippen molar-refractivity contribution in [2.75, 3.05) is 0 Å². The fourth-order valence-corrected chi connectivity index (χ4v) is 3.43. The molecule has 0 aromatic rings. The van der Waals surface area contributed by atoms with E-state index in [0.29, 0.717) is 36.3 Å². The van der Waals surface area contributed by atoms with Crippen molar-refractivity contribution in [2.24, 2.45) is 17.2 Å². The third-order valence-corrected chi connectivity index (χ3v) is 4.50. The van der Waals surface area contributed by atoms with Crippen LogP contribution in [0.25, 0.3) is 0 Å². The largest absolute Gasteiger partial charge is 0.328 e. The summed E-state index contributed by atoms with van der Waals surface area (Å²) in [5.74, 6) is 0. The van der Waals surface area contributed by atoms with Crippen LogP contribution in [0.4, 0.5) is 0 Å². The lowest BCUT2D eigenvalue weighted by molar-refractivity contribution is 0.628. The Bertz CT molecular complexity index is 187. The molecule has 0 unspecified atom stereocenters. The molecule has 158 valence electrons. The maximum Gasteiger partial charge on any atom is 0.265 e. The lowest BCUT2D eigenvalue weighted by Crippen LogP contribution is -2.63. The van der Waals surface area contributed by atoms with Crippen LogP contribution in [0, 0.1) is 0 Å². The van der Waals surface area contributed by atoms with E-state index in [-0.39, 0.29) is 0 Å². The van der Waals surface area contributed by atoms with E-state index >= 15 is 0 Å². The summed E-state index contributed by atoms with van der Waals surface area (Å²) in [5.41, 5.74) is 15.3. The van der Waals surface area contributed by atoms with E-state index in [1.165, 1.54) is 0 Å². The molecular formula is C18H52N6Si. The molecule has 0 aromatic heterocycles. The third-order valence-electron chi connectivity index (χ3n) is 1.50. The predicted octanol–water partition coefficient (Wildman–Crippen LogP) is 1.76. The molecule has 0 atom stereocenters. The Balaban J connectivity index is -0.000000150. The van der Waals surface area contributed by atoms with Gasteiger partial charge in [0.1, 0.15) is 0 Å². The SMILES string of the molecule is CC(C)N.CC(C)N.CC(C)N.CC(C)N[SiH](NC(C)C)NC(C)C. The molecule has 0 saturated heterocycles. The quantitative estimate of drug-likeness (QED) is 0.391. The van der Waals surface area contributed by atoms with Gasteiger partial charge in [-0.05, 0) is 36.3 Å². The van der Waals surface area contributed by atoms with E-state index in [1.807, 2.05) is 41.5 Å². The molecule has 0 bridgehead atoms. The van der Waals surface area contributed by atoms with E-state index in [9.17, 15) is 0 Å². The Kier molecular flexibility index (Phi) is 28.7. The van der Waals surface area contributed by atoms with Crippen LogP contribution in [0.1, 0.15) is 83.1 Å². The van der Waals surface area contributed by atoms with Crippen molar-refractivity contribution in [3.63, 3.8) is 0 Å². The first-order valence-electron chi connectivity index (χ1n) is 9.66. The maximum absolute atomic E-state index is 5.11. The zero-order valence-corrected chi connectivity index (χ0v) is 20.4. The molecule has 25 heavy (non-hydrogen) atoms. The van der Waals surface area contributed by atoms with Crippen molar-refractivity contribution >= 4 is 9.28 Å². The minimum absolute atomic E-state index is 0.333. The van der Waals surface area contributed by atoms with E-state index in [2.05, 4.69) is 56.5 Å². The Labute approximate surface area is 161 Å². The molecule has 0 amide bonds. The van der Waals surface area contributed by atoms with Gasteiger partial charge >= 0.3 is 0 Å². The highest BCUT2D eigenvalue weighted by molar-refractivity contribution is 6.50. The number of nitrogens with two attached hydrogens (primary N) is 3. The average Bonchev–Trinajstić information content (AvgIpc) is 2.22. The maximum atomic E-state index is 5.11. The Morgan fingerprint density at radius 1 is 0.440 bits per heavy atom. The van der Waals surface area contributed by atoms with Crippen molar-refractivity contribution in [1.82, 2.24) is 14.9 Å². The van der Waals surface area contributed by atoms with Crippen molar-refractivity contribution in [3.8, 4) is 0 Å². The number of hydrogen-bond donors (Lipinski definition) is 6. The summed E-state index contributed by atoms with van der Waals surface area (Å²) in [5, 5.41) is 0. The van der Waals surface area contributed by atoms with Gasteiger partial charge in [0.05, 0.1) is 0 Å². The van der Waals surface area contributed by atoms with Crippen LogP contribution in [0.2, 0.25) is 0 Å². The minimum Gasteiger partial charge on any atom is -0.328 e. The minimum atomic E-state index is -1.16. The molecule has 0 aliphatic carbocycles. The number of rotatable bonds is 6. The lowest BCUT2D eigenvalue weighted by atomic mass is 10.4.